The molecule has 0 bridgehead atoms. The monoisotopic (exact) mass is 764 g/mol. The molecule has 292 valence electrons. The SMILES string of the molecule is CC[Si](CC)(CC)O[C@H]1[C@@H](C)CCCC2C(C[C@@H](/C(C)=C/c3csc(C)n3)OC(=O)C[C@H](O[Si](CC)(CC)CC)C(C)(C)C(=O)[C@@H]1C)N2CCO. The second-order valence-corrected chi connectivity index (χ2v) is 26.7. The highest BCUT2D eigenvalue weighted by Gasteiger charge is 2.50. The first-order valence-electron chi connectivity index (χ1n) is 20.2. The smallest absolute Gasteiger partial charge is 0.309 e. The van der Waals surface area contributed by atoms with E-state index in [2.05, 4.69) is 65.3 Å². The number of aromatic nitrogens is 1. The molecule has 2 aliphatic rings. The van der Waals surface area contributed by atoms with Crippen molar-refractivity contribution in [1.29, 1.82) is 0 Å². The number of carbonyl (C=O) groups excluding carboxylic acids is 2. The fraction of sp³-hybridized carbons (Fsp3) is 0.825. The first kappa shape index (κ1) is 44.2. The molecule has 3 unspecified atom stereocenters. The maximum atomic E-state index is 15.0. The van der Waals surface area contributed by atoms with Crippen LogP contribution in [0.25, 0.3) is 6.08 Å². The topological polar surface area (TPSA) is 98.0 Å². The van der Waals surface area contributed by atoms with Crippen LogP contribution in [0.3, 0.4) is 0 Å². The van der Waals surface area contributed by atoms with Crippen molar-refractivity contribution in [3.05, 3.63) is 21.7 Å². The van der Waals surface area contributed by atoms with Gasteiger partial charge in [-0.3, -0.25) is 14.5 Å². The van der Waals surface area contributed by atoms with Crippen LogP contribution in [0.2, 0.25) is 36.3 Å². The molecule has 1 aromatic heterocycles. The van der Waals surface area contributed by atoms with Gasteiger partial charge in [-0.15, -0.1) is 11.3 Å². The molecular weight excluding hydrogens is 693 g/mol. The van der Waals surface area contributed by atoms with Crippen molar-refractivity contribution in [1.82, 2.24) is 9.88 Å². The number of aryl methyl sites for hydroxylation is 1. The minimum atomic E-state index is -2.23. The molecule has 11 heteroatoms. The van der Waals surface area contributed by atoms with Crippen molar-refractivity contribution in [3.8, 4) is 0 Å². The summed E-state index contributed by atoms with van der Waals surface area (Å²) in [5.41, 5.74) is 0.896. The zero-order chi connectivity index (χ0) is 38.1. The number of carbonyl (C=O) groups is 2. The van der Waals surface area contributed by atoms with Crippen LogP contribution in [0.15, 0.2) is 11.0 Å². The average Bonchev–Trinajstić information content (AvgIpc) is 3.57. The summed E-state index contributed by atoms with van der Waals surface area (Å²) >= 11 is 1.60. The highest BCUT2D eigenvalue weighted by molar-refractivity contribution is 7.09. The van der Waals surface area contributed by atoms with Crippen LogP contribution in [-0.2, 0) is 23.2 Å². The van der Waals surface area contributed by atoms with E-state index in [1.807, 2.05) is 39.2 Å². The van der Waals surface area contributed by atoms with Crippen molar-refractivity contribution in [2.24, 2.45) is 17.3 Å². The van der Waals surface area contributed by atoms with E-state index in [9.17, 15) is 14.7 Å². The number of β-amino-alcohol motifs (C(OH)–C–C–N with tert-alkyl or cyclic N) is 1. The Bertz CT molecular complexity index is 1280. The number of hydrogen-bond acceptors (Lipinski definition) is 9. The number of fused-ring (bicyclic) bond motifs is 1. The van der Waals surface area contributed by atoms with Gasteiger partial charge in [0.1, 0.15) is 11.9 Å². The van der Waals surface area contributed by atoms with Crippen LogP contribution in [-0.4, -0.2) is 86.9 Å². The summed E-state index contributed by atoms with van der Waals surface area (Å²) in [7, 11) is -4.27. The summed E-state index contributed by atoms with van der Waals surface area (Å²) in [6.07, 6.45) is 4.45. The Balaban J connectivity index is 2.11. The number of thiazole rings is 1. The Morgan fingerprint density at radius 3 is 2.12 bits per heavy atom. The molecule has 0 aliphatic carbocycles. The third-order valence-corrected chi connectivity index (χ3v) is 23.0. The summed E-state index contributed by atoms with van der Waals surface area (Å²) in [5, 5.41) is 13.0. The average molecular weight is 765 g/mol. The predicted molar refractivity (Wildman–Crippen MR) is 216 cm³/mol. The van der Waals surface area contributed by atoms with E-state index in [4.69, 9.17) is 13.6 Å². The highest BCUT2D eigenvalue weighted by atomic mass is 32.1. The third-order valence-electron chi connectivity index (χ3n) is 12.9. The predicted octanol–water partition coefficient (Wildman–Crippen LogP) is 9.42. The van der Waals surface area contributed by atoms with Gasteiger partial charge >= 0.3 is 5.97 Å². The number of ether oxygens (including phenoxy) is 1. The molecule has 0 spiro atoms. The molecule has 3 rings (SSSR count). The van der Waals surface area contributed by atoms with E-state index in [0.29, 0.717) is 19.0 Å². The number of esters is 1. The van der Waals surface area contributed by atoms with Crippen LogP contribution in [0, 0.1) is 24.2 Å². The van der Waals surface area contributed by atoms with Crippen molar-refractivity contribution in [3.63, 3.8) is 0 Å². The molecule has 3 heterocycles. The lowest BCUT2D eigenvalue weighted by Crippen LogP contribution is -2.53. The van der Waals surface area contributed by atoms with Gasteiger partial charge in [0.05, 0.1) is 35.9 Å². The standard InChI is InChI=1S/C40H72N2O6SSi2/c1-13-50(14-2,15-3)47-36-26-37(44)46-35(29(8)24-32-27-49-31(10)41-32)25-34-33(42(34)22-23-43)21-19-20-28(7)38(30(9)39(45)40(36,11)12)48-51(16-4,17-5)18-6/h24,27-28,30,33-36,38,43H,13-23,25-26H2,1-12H3/b29-24+/t28-,30+,33?,34?,35-,36-,38-,42?/m0/s1. The van der Waals surface area contributed by atoms with Gasteiger partial charge in [0.15, 0.2) is 16.6 Å². The molecule has 0 radical (unpaired) electrons. The van der Waals surface area contributed by atoms with Crippen molar-refractivity contribution < 1.29 is 28.3 Å². The van der Waals surface area contributed by atoms with Gasteiger partial charge < -0.3 is 18.7 Å². The molecule has 2 saturated heterocycles. The first-order chi connectivity index (χ1) is 24.1. The molecule has 8 nitrogen and oxygen atoms in total. The van der Waals surface area contributed by atoms with E-state index >= 15 is 0 Å². The van der Waals surface area contributed by atoms with Gasteiger partial charge in [-0.05, 0) is 80.5 Å². The van der Waals surface area contributed by atoms with E-state index in [-0.39, 0.29) is 48.8 Å². The minimum absolute atomic E-state index is 0.0207. The maximum Gasteiger partial charge on any atom is 0.309 e. The molecule has 2 aliphatic heterocycles. The second kappa shape index (κ2) is 19.4. The number of Topliss-reactive ketones (excluding diaryl/α,β-unsaturated/α-hetero) is 1. The van der Waals surface area contributed by atoms with Gasteiger partial charge in [0.2, 0.25) is 0 Å². The van der Waals surface area contributed by atoms with Crippen LogP contribution >= 0.6 is 11.3 Å². The molecule has 8 atom stereocenters. The summed E-state index contributed by atoms with van der Waals surface area (Å²) in [4.78, 5) is 36.2. The Labute approximate surface area is 316 Å². The number of hydrogen-bond donors (Lipinski definition) is 1. The number of cyclic esters (lactones) is 1. The number of nitrogens with zero attached hydrogens (tertiary/aromatic N) is 2. The van der Waals surface area contributed by atoms with E-state index < -0.39 is 34.3 Å². The number of ketones is 1. The van der Waals surface area contributed by atoms with E-state index in [1.165, 1.54) is 0 Å². The third kappa shape index (κ3) is 10.9. The zero-order valence-corrected chi connectivity index (χ0v) is 37.0. The summed E-state index contributed by atoms with van der Waals surface area (Å²) in [6.45, 7) is 26.4. The molecule has 1 N–H and O–H groups in total. The van der Waals surface area contributed by atoms with Gasteiger partial charge in [0.25, 0.3) is 0 Å². The van der Waals surface area contributed by atoms with Crippen LogP contribution in [0.1, 0.15) is 119 Å². The summed E-state index contributed by atoms with van der Waals surface area (Å²) < 4.78 is 20.9. The van der Waals surface area contributed by atoms with Crippen LogP contribution in [0.5, 0.6) is 0 Å². The van der Waals surface area contributed by atoms with Gasteiger partial charge in [-0.25, -0.2) is 4.98 Å². The molecular formula is C40H72N2O6SSi2. The maximum absolute atomic E-state index is 15.0. The number of rotatable bonds is 14. The first-order valence-corrected chi connectivity index (χ1v) is 26.1. The van der Waals surface area contributed by atoms with Gasteiger partial charge in [0, 0.05) is 41.8 Å². The summed E-state index contributed by atoms with van der Waals surface area (Å²) in [6, 6.07) is 6.39. The number of aliphatic hydroxyl groups is 1. The van der Waals surface area contributed by atoms with Crippen molar-refractivity contribution >= 4 is 45.8 Å². The summed E-state index contributed by atoms with van der Waals surface area (Å²) in [5.74, 6) is -0.362. The Morgan fingerprint density at radius 2 is 1.59 bits per heavy atom. The molecule has 0 amide bonds. The lowest BCUT2D eigenvalue weighted by atomic mass is 9.73. The van der Waals surface area contributed by atoms with E-state index in [0.717, 1.165) is 71.8 Å². The molecule has 2 fully saturated rings. The highest BCUT2D eigenvalue weighted by Crippen LogP contribution is 2.42. The molecule has 1 aromatic rings. The Kier molecular flexibility index (Phi) is 16.8. The van der Waals surface area contributed by atoms with E-state index in [1.54, 1.807) is 11.3 Å². The quantitative estimate of drug-likeness (QED) is 0.114. The van der Waals surface area contributed by atoms with Gasteiger partial charge in [-0.2, -0.15) is 0 Å². The fourth-order valence-electron chi connectivity index (χ4n) is 8.62. The molecule has 51 heavy (non-hydrogen) atoms. The largest absolute Gasteiger partial charge is 0.458 e. The Morgan fingerprint density at radius 1 is 1.00 bits per heavy atom. The molecule has 0 aromatic carbocycles. The molecule has 0 saturated carbocycles. The normalized spacial score (nSPS) is 30.2. The van der Waals surface area contributed by atoms with Crippen molar-refractivity contribution in [2.75, 3.05) is 13.2 Å². The van der Waals surface area contributed by atoms with Crippen LogP contribution in [0.4, 0.5) is 0 Å². The lowest BCUT2D eigenvalue weighted by Gasteiger charge is -2.44. The fourth-order valence-corrected chi connectivity index (χ4v) is 15.2. The van der Waals surface area contributed by atoms with Gasteiger partial charge in [-0.1, -0.05) is 75.7 Å². The minimum Gasteiger partial charge on any atom is -0.458 e. The zero-order valence-electron chi connectivity index (χ0n) is 34.2. The number of aliphatic hydroxyl groups excluding tert-OH is 1. The van der Waals surface area contributed by atoms with Crippen molar-refractivity contribution in [2.45, 2.75) is 182 Å². The Hall–Kier alpha value is -1.22. The second-order valence-electron chi connectivity index (χ2n) is 16.2. The lowest BCUT2D eigenvalue weighted by molar-refractivity contribution is -0.153. The van der Waals surface area contributed by atoms with Crippen LogP contribution < -0.4 is 0 Å².